The third-order valence-electron chi connectivity index (χ3n) is 4.96. The molecule has 124 valence electrons. The molecule has 0 atom stereocenters. The number of oxazole rings is 1. The Morgan fingerprint density at radius 3 is 2.79 bits per heavy atom. The molecule has 0 saturated heterocycles. The van der Waals surface area contributed by atoms with Crippen molar-refractivity contribution in [3.63, 3.8) is 0 Å². The maximum atomic E-state index is 12.9. The number of nitrogens with two attached hydrogens (primary N) is 1. The Bertz CT molecular complexity index is 808. The minimum absolute atomic E-state index is 0.188. The van der Waals surface area contributed by atoms with Gasteiger partial charge in [0.2, 0.25) is 5.91 Å². The number of carbonyl (C=O) groups excluding carboxylic acids is 2. The molecular weight excluding hydrogens is 306 g/mol. The third kappa shape index (κ3) is 2.38. The summed E-state index contributed by atoms with van der Waals surface area (Å²) in [6, 6.07) is 5.32. The summed E-state index contributed by atoms with van der Waals surface area (Å²) in [5, 5.41) is 0. The minimum Gasteiger partial charge on any atom is -0.448 e. The first-order chi connectivity index (χ1) is 11.6. The van der Waals surface area contributed by atoms with Crippen LogP contribution in [0.2, 0.25) is 0 Å². The zero-order valence-corrected chi connectivity index (χ0v) is 13.3. The number of rotatable bonds is 3. The van der Waals surface area contributed by atoms with Gasteiger partial charge in [0.1, 0.15) is 6.26 Å². The molecule has 2 amide bonds. The second-order valence-corrected chi connectivity index (χ2v) is 6.43. The Balaban J connectivity index is 1.66. The zero-order chi connectivity index (χ0) is 16.7. The normalized spacial score (nSPS) is 17.2. The minimum atomic E-state index is -0.463. The van der Waals surface area contributed by atoms with Crippen molar-refractivity contribution in [2.75, 3.05) is 11.4 Å². The van der Waals surface area contributed by atoms with E-state index in [2.05, 4.69) is 4.98 Å². The summed E-state index contributed by atoms with van der Waals surface area (Å²) in [6.07, 6.45) is 6.31. The Hall–Kier alpha value is -2.63. The van der Waals surface area contributed by atoms with Gasteiger partial charge in [-0.15, -0.1) is 0 Å². The van der Waals surface area contributed by atoms with Crippen molar-refractivity contribution >= 4 is 17.5 Å². The van der Waals surface area contributed by atoms with Crippen LogP contribution in [0, 0.1) is 0 Å². The monoisotopic (exact) mass is 325 g/mol. The molecule has 6 heteroatoms. The Morgan fingerprint density at radius 2 is 2.08 bits per heavy atom. The highest BCUT2D eigenvalue weighted by molar-refractivity contribution is 6.06. The highest BCUT2D eigenvalue weighted by atomic mass is 16.3. The molecule has 2 aliphatic rings. The van der Waals surface area contributed by atoms with E-state index in [1.165, 1.54) is 12.7 Å². The van der Waals surface area contributed by atoms with Gasteiger partial charge >= 0.3 is 0 Å². The van der Waals surface area contributed by atoms with E-state index in [9.17, 15) is 9.59 Å². The Labute approximate surface area is 139 Å². The zero-order valence-electron chi connectivity index (χ0n) is 13.3. The molecule has 2 heterocycles. The number of aromatic nitrogens is 1. The molecule has 4 rings (SSSR count). The number of carbonyl (C=O) groups is 2. The number of anilines is 1. The van der Waals surface area contributed by atoms with Crippen LogP contribution in [0.3, 0.4) is 0 Å². The Kier molecular flexibility index (Phi) is 3.59. The molecule has 0 radical (unpaired) electrons. The van der Waals surface area contributed by atoms with Crippen LogP contribution in [0.4, 0.5) is 5.69 Å². The number of benzene rings is 1. The van der Waals surface area contributed by atoms with Crippen molar-refractivity contribution in [3.8, 4) is 0 Å². The van der Waals surface area contributed by atoms with Gasteiger partial charge in [0.15, 0.2) is 11.6 Å². The lowest BCUT2D eigenvalue weighted by atomic mass is 9.85. The van der Waals surface area contributed by atoms with Crippen molar-refractivity contribution in [2.24, 2.45) is 5.73 Å². The van der Waals surface area contributed by atoms with Crippen molar-refractivity contribution in [1.82, 2.24) is 4.98 Å². The lowest BCUT2D eigenvalue weighted by molar-refractivity contribution is 0.0973. The molecule has 0 spiro atoms. The van der Waals surface area contributed by atoms with Gasteiger partial charge in [0.25, 0.3) is 5.91 Å². The smallest absolute Gasteiger partial charge is 0.280 e. The topological polar surface area (TPSA) is 89.4 Å². The summed E-state index contributed by atoms with van der Waals surface area (Å²) in [5.74, 6) is 0.358. The van der Waals surface area contributed by atoms with E-state index in [4.69, 9.17) is 10.2 Å². The summed E-state index contributed by atoms with van der Waals surface area (Å²) >= 11 is 0. The van der Waals surface area contributed by atoms with Gasteiger partial charge in [0, 0.05) is 23.7 Å². The number of amides is 2. The molecule has 0 bridgehead atoms. The first-order valence-corrected chi connectivity index (χ1v) is 8.34. The molecule has 2 aromatic rings. The third-order valence-corrected chi connectivity index (χ3v) is 4.96. The van der Waals surface area contributed by atoms with E-state index in [1.54, 1.807) is 17.0 Å². The van der Waals surface area contributed by atoms with E-state index in [0.717, 1.165) is 36.9 Å². The maximum absolute atomic E-state index is 12.9. The predicted octanol–water partition coefficient (Wildman–Crippen LogP) is 2.63. The number of fused-ring (bicyclic) bond motifs is 1. The fourth-order valence-electron chi connectivity index (χ4n) is 3.43. The highest BCUT2D eigenvalue weighted by Crippen LogP contribution is 2.36. The van der Waals surface area contributed by atoms with Gasteiger partial charge in [-0.25, -0.2) is 4.98 Å². The van der Waals surface area contributed by atoms with Gasteiger partial charge in [-0.2, -0.15) is 0 Å². The van der Waals surface area contributed by atoms with Crippen LogP contribution in [0.5, 0.6) is 0 Å². The molecule has 1 saturated carbocycles. The maximum Gasteiger partial charge on any atom is 0.280 e. The fraction of sp³-hybridized carbons (Fsp3) is 0.389. The lowest BCUT2D eigenvalue weighted by Gasteiger charge is -2.29. The quantitative estimate of drug-likeness (QED) is 0.939. The summed E-state index contributed by atoms with van der Waals surface area (Å²) < 4.78 is 5.50. The lowest BCUT2D eigenvalue weighted by Crippen LogP contribution is -2.36. The molecule has 1 aliphatic carbocycles. The van der Waals surface area contributed by atoms with Crippen LogP contribution in [0.1, 0.15) is 63.9 Å². The SMILES string of the molecule is NC(=O)c1cccc2c1CCCN2C(=O)c1coc(C2CCC2)n1. The van der Waals surface area contributed by atoms with Crippen molar-refractivity contribution in [2.45, 2.75) is 38.0 Å². The molecule has 2 N–H and O–H groups in total. The van der Waals surface area contributed by atoms with Crippen molar-refractivity contribution in [1.29, 1.82) is 0 Å². The van der Waals surface area contributed by atoms with Crippen LogP contribution >= 0.6 is 0 Å². The fourth-order valence-corrected chi connectivity index (χ4v) is 3.43. The summed E-state index contributed by atoms with van der Waals surface area (Å²) in [7, 11) is 0. The molecule has 1 aromatic carbocycles. The van der Waals surface area contributed by atoms with Crippen LogP contribution in [0.25, 0.3) is 0 Å². The van der Waals surface area contributed by atoms with E-state index in [1.807, 2.05) is 6.07 Å². The van der Waals surface area contributed by atoms with Crippen LogP contribution in [0.15, 0.2) is 28.9 Å². The largest absolute Gasteiger partial charge is 0.448 e. The van der Waals surface area contributed by atoms with E-state index >= 15 is 0 Å². The first kappa shape index (κ1) is 14.9. The van der Waals surface area contributed by atoms with E-state index in [-0.39, 0.29) is 5.91 Å². The van der Waals surface area contributed by atoms with Crippen LogP contribution < -0.4 is 10.6 Å². The van der Waals surface area contributed by atoms with Crippen LogP contribution in [-0.2, 0) is 6.42 Å². The molecule has 0 unspecified atom stereocenters. The number of nitrogens with zero attached hydrogens (tertiary/aromatic N) is 2. The molecule has 1 aromatic heterocycles. The average Bonchev–Trinajstić information content (AvgIpc) is 3.00. The van der Waals surface area contributed by atoms with Gasteiger partial charge < -0.3 is 15.1 Å². The molecule has 1 aliphatic heterocycles. The van der Waals surface area contributed by atoms with Gasteiger partial charge in [-0.1, -0.05) is 12.5 Å². The van der Waals surface area contributed by atoms with Gasteiger partial charge in [-0.05, 0) is 43.4 Å². The second kappa shape index (κ2) is 5.78. The summed E-state index contributed by atoms with van der Waals surface area (Å²) in [4.78, 5) is 30.6. The number of primary amides is 1. The number of hydrogen-bond acceptors (Lipinski definition) is 4. The molecule has 1 fully saturated rings. The summed E-state index contributed by atoms with van der Waals surface area (Å²) in [5.41, 5.74) is 7.86. The van der Waals surface area contributed by atoms with Gasteiger partial charge in [-0.3, -0.25) is 9.59 Å². The van der Waals surface area contributed by atoms with E-state index in [0.29, 0.717) is 29.6 Å². The van der Waals surface area contributed by atoms with Crippen LogP contribution in [-0.4, -0.2) is 23.3 Å². The standard InChI is InChI=1S/C18H19N3O3/c19-16(22)13-6-2-8-15-12(13)7-3-9-21(15)18(23)14-10-24-17(20-14)11-4-1-5-11/h2,6,8,10-11H,1,3-5,7,9H2,(H2,19,22). The first-order valence-electron chi connectivity index (χ1n) is 8.34. The molecule has 24 heavy (non-hydrogen) atoms. The average molecular weight is 325 g/mol. The summed E-state index contributed by atoms with van der Waals surface area (Å²) in [6.45, 7) is 0.597. The van der Waals surface area contributed by atoms with Crippen molar-refractivity contribution < 1.29 is 14.0 Å². The van der Waals surface area contributed by atoms with E-state index < -0.39 is 5.91 Å². The highest BCUT2D eigenvalue weighted by Gasteiger charge is 2.30. The predicted molar refractivity (Wildman–Crippen MR) is 88.1 cm³/mol. The second-order valence-electron chi connectivity index (χ2n) is 6.43. The molecular formula is C18H19N3O3. The Morgan fingerprint density at radius 1 is 1.25 bits per heavy atom. The number of hydrogen-bond donors (Lipinski definition) is 1. The van der Waals surface area contributed by atoms with Gasteiger partial charge in [0.05, 0.1) is 0 Å². The molecule has 6 nitrogen and oxygen atoms in total. The van der Waals surface area contributed by atoms with Crippen molar-refractivity contribution in [3.05, 3.63) is 47.2 Å².